The third-order valence-electron chi connectivity index (χ3n) is 4.03. The summed E-state index contributed by atoms with van der Waals surface area (Å²) in [6.45, 7) is 4.27. The lowest BCUT2D eigenvalue weighted by Crippen LogP contribution is -2.32. The van der Waals surface area contributed by atoms with Crippen molar-refractivity contribution in [2.24, 2.45) is 5.73 Å². The molecule has 20 heavy (non-hydrogen) atoms. The van der Waals surface area contributed by atoms with Crippen LogP contribution in [0.15, 0.2) is 35.7 Å². The van der Waals surface area contributed by atoms with Crippen LogP contribution in [0.1, 0.15) is 39.3 Å². The number of benzene rings is 1. The van der Waals surface area contributed by atoms with Gasteiger partial charge in [0.1, 0.15) is 0 Å². The number of amides is 1. The SMILES string of the molecule is CC1c2ccsc2CCN1Cc1ccc(C(N)=O)cc1. The van der Waals surface area contributed by atoms with Crippen molar-refractivity contribution < 1.29 is 4.79 Å². The van der Waals surface area contributed by atoms with Gasteiger partial charge >= 0.3 is 0 Å². The minimum absolute atomic E-state index is 0.370. The predicted octanol–water partition coefficient (Wildman–Crippen LogP) is 2.97. The lowest BCUT2D eigenvalue weighted by molar-refractivity contribution is 0.1000. The smallest absolute Gasteiger partial charge is 0.248 e. The first-order valence-electron chi connectivity index (χ1n) is 6.84. The van der Waals surface area contributed by atoms with Crippen LogP contribution in [-0.2, 0) is 13.0 Å². The predicted molar refractivity (Wildman–Crippen MR) is 81.8 cm³/mol. The third kappa shape index (κ3) is 2.49. The van der Waals surface area contributed by atoms with Gasteiger partial charge in [0, 0.05) is 29.6 Å². The fraction of sp³-hybridized carbons (Fsp3) is 0.312. The molecule has 1 atom stereocenters. The van der Waals surface area contributed by atoms with Crippen molar-refractivity contribution >= 4 is 17.2 Å². The summed E-state index contributed by atoms with van der Waals surface area (Å²) >= 11 is 1.86. The maximum Gasteiger partial charge on any atom is 0.248 e. The van der Waals surface area contributed by atoms with E-state index in [2.05, 4.69) is 23.3 Å². The second kappa shape index (κ2) is 5.38. The van der Waals surface area contributed by atoms with E-state index >= 15 is 0 Å². The average molecular weight is 286 g/mol. The minimum Gasteiger partial charge on any atom is -0.366 e. The van der Waals surface area contributed by atoms with Crippen LogP contribution in [0.25, 0.3) is 0 Å². The molecule has 2 heterocycles. The highest BCUT2D eigenvalue weighted by molar-refractivity contribution is 7.10. The molecule has 1 amide bonds. The van der Waals surface area contributed by atoms with Gasteiger partial charge < -0.3 is 5.73 Å². The highest BCUT2D eigenvalue weighted by atomic mass is 32.1. The molecule has 4 heteroatoms. The minimum atomic E-state index is -0.370. The van der Waals surface area contributed by atoms with Crippen LogP contribution in [0.4, 0.5) is 0 Å². The number of hydrogen-bond donors (Lipinski definition) is 1. The Balaban J connectivity index is 1.74. The second-order valence-corrected chi connectivity index (χ2v) is 6.26. The summed E-state index contributed by atoms with van der Waals surface area (Å²) in [5.74, 6) is -0.370. The molecule has 1 aliphatic rings. The molecule has 1 aliphatic heterocycles. The number of carbonyl (C=O) groups excluding carboxylic acids is 1. The third-order valence-corrected chi connectivity index (χ3v) is 5.02. The molecule has 3 rings (SSSR count). The largest absolute Gasteiger partial charge is 0.366 e. The van der Waals surface area contributed by atoms with Gasteiger partial charge in [-0.25, -0.2) is 0 Å². The van der Waals surface area contributed by atoms with E-state index in [0.717, 1.165) is 19.5 Å². The lowest BCUT2D eigenvalue weighted by atomic mass is 10.0. The maximum atomic E-state index is 11.1. The molecular weight excluding hydrogens is 268 g/mol. The van der Waals surface area contributed by atoms with Crippen LogP contribution in [0.5, 0.6) is 0 Å². The molecule has 1 aromatic carbocycles. The number of primary amides is 1. The standard InChI is InChI=1S/C16H18N2OS/c1-11-14-7-9-20-15(14)6-8-18(11)10-12-2-4-13(5-3-12)16(17)19/h2-5,7,9,11H,6,8,10H2,1H3,(H2,17,19). The number of hydrogen-bond acceptors (Lipinski definition) is 3. The van der Waals surface area contributed by atoms with Gasteiger partial charge in [-0.3, -0.25) is 9.69 Å². The molecule has 2 N–H and O–H groups in total. The first-order valence-corrected chi connectivity index (χ1v) is 7.72. The highest BCUT2D eigenvalue weighted by Crippen LogP contribution is 2.33. The van der Waals surface area contributed by atoms with Crippen molar-refractivity contribution in [2.45, 2.75) is 25.9 Å². The Bertz CT molecular complexity index is 618. The monoisotopic (exact) mass is 286 g/mol. The molecule has 0 aliphatic carbocycles. The molecule has 104 valence electrons. The van der Waals surface area contributed by atoms with Crippen LogP contribution >= 0.6 is 11.3 Å². The van der Waals surface area contributed by atoms with E-state index < -0.39 is 0 Å². The van der Waals surface area contributed by atoms with Gasteiger partial charge in [0.05, 0.1) is 0 Å². The molecule has 0 spiro atoms. The average Bonchev–Trinajstić information content (AvgIpc) is 2.92. The summed E-state index contributed by atoms with van der Waals surface area (Å²) in [5, 5.41) is 2.19. The van der Waals surface area contributed by atoms with Gasteiger partial charge in [0.25, 0.3) is 0 Å². The Morgan fingerprint density at radius 2 is 2.10 bits per heavy atom. The number of nitrogens with two attached hydrogens (primary N) is 1. The first-order chi connectivity index (χ1) is 9.65. The van der Waals surface area contributed by atoms with Crippen LogP contribution in [0.3, 0.4) is 0 Å². The van der Waals surface area contributed by atoms with Gasteiger partial charge in [-0.2, -0.15) is 0 Å². The Hall–Kier alpha value is -1.65. The lowest BCUT2D eigenvalue weighted by Gasteiger charge is -2.33. The Labute approximate surface area is 123 Å². The molecule has 3 nitrogen and oxygen atoms in total. The van der Waals surface area contributed by atoms with Crippen molar-refractivity contribution in [1.82, 2.24) is 4.90 Å². The number of fused-ring (bicyclic) bond motifs is 1. The van der Waals surface area contributed by atoms with E-state index in [0.29, 0.717) is 11.6 Å². The topological polar surface area (TPSA) is 46.3 Å². The Morgan fingerprint density at radius 3 is 2.80 bits per heavy atom. The summed E-state index contributed by atoms with van der Waals surface area (Å²) in [5.41, 5.74) is 8.52. The Morgan fingerprint density at radius 1 is 1.35 bits per heavy atom. The number of nitrogens with zero attached hydrogens (tertiary/aromatic N) is 1. The maximum absolute atomic E-state index is 11.1. The van der Waals surface area contributed by atoms with E-state index in [9.17, 15) is 4.79 Å². The van der Waals surface area contributed by atoms with E-state index in [4.69, 9.17) is 5.73 Å². The van der Waals surface area contributed by atoms with Gasteiger partial charge in [0.15, 0.2) is 0 Å². The van der Waals surface area contributed by atoms with Crippen molar-refractivity contribution in [1.29, 1.82) is 0 Å². The van der Waals surface area contributed by atoms with E-state index in [-0.39, 0.29) is 5.91 Å². The van der Waals surface area contributed by atoms with E-state index in [1.165, 1.54) is 16.0 Å². The summed E-state index contributed by atoms with van der Waals surface area (Å²) in [6.07, 6.45) is 1.14. The fourth-order valence-corrected chi connectivity index (χ4v) is 3.75. The molecule has 1 aromatic heterocycles. The molecule has 0 saturated carbocycles. The van der Waals surface area contributed by atoms with Crippen molar-refractivity contribution in [2.75, 3.05) is 6.54 Å². The van der Waals surface area contributed by atoms with Crippen molar-refractivity contribution in [3.8, 4) is 0 Å². The summed E-state index contributed by atoms with van der Waals surface area (Å²) in [6, 6.07) is 10.3. The molecular formula is C16H18N2OS. The number of thiophene rings is 1. The molecule has 0 bridgehead atoms. The summed E-state index contributed by atoms with van der Waals surface area (Å²) in [4.78, 5) is 15.1. The van der Waals surface area contributed by atoms with E-state index in [1.807, 2.05) is 35.6 Å². The summed E-state index contributed by atoms with van der Waals surface area (Å²) < 4.78 is 0. The van der Waals surface area contributed by atoms with Crippen LogP contribution in [0.2, 0.25) is 0 Å². The van der Waals surface area contributed by atoms with Gasteiger partial charge in [-0.1, -0.05) is 12.1 Å². The normalized spacial score (nSPS) is 18.8. The first kappa shape index (κ1) is 13.3. The Kier molecular flexibility index (Phi) is 3.59. The molecule has 0 saturated heterocycles. The quantitative estimate of drug-likeness (QED) is 0.943. The zero-order chi connectivity index (χ0) is 14.1. The van der Waals surface area contributed by atoms with Gasteiger partial charge in [-0.15, -0.1) is 11.3 Å². The van der Waals surface area contributed by atoms with Crippen molar-refractivity contribution in [3.63, 3.8) is 0 Å². The molecule has 0 radical (unpaired) electrons. The molecule has 0 fully saturated rings. The molecule has 1 unspecified atom stereocenters. The van der Waals surface area contributed by atoms with Crippen LogP contribution in [0, 0.1) is 0 Å². The van der Waals surface area contributed by atoms with Crippen molar-refractivity contribution in [3.05, 3.63) is 57.3 Å². The van der Waals surface area contributed by atoms with Crippen LogP contribution in [-0.4, -0.2) is 17.4 Å². The number of carbonyl (C=O) groups is 1. The van der Waals surface area contributed by atoms with Gasteiger partial charge in [0.2, 0.25) is 5.91 Å². The highest BCUT2D eigenvalue weighted by Gasteiger charge is 2.24. The zero-order valence-electron chi connectivity index (χ0n) is 11.5. The summed E-state index contributed by atoms with van der Waals surface area (Å²) in [7, 11) is 0. The fourth-order valence-electron chi connectivity index (χ4n) is 2.79. The number of rotatable bonds is 3. The van der Waals surface area contributed by atoms with E-state index in [1.54, 1.807) is 0 Å². The van der Waals surface area contributed by atoms with Crippen LogP contribution < -0.4 is 5.73 Å². The zero-order valence-corrected chi connectivity index (χ0v) is 12.3. The molecule has 2 aromatic rings. The van der Waals surface area contributed by atoms with Gasteiger partial charge in [-0.05, 0) is 48.1 Å². The second-order valence-electron chi connectivity index (χ2n) is 5.26.